The lowest BCUT2D eigenvalue weighted by Gasteiger charge is -2.37. The van der Waals surface area contributed by atoms with Gasteiger partial charge in [-0.25, -0.2) is 0 Å². The Bertz CT molecular complexity index is 824. The zero-order chi connectivity index (χ0) is 18.7. The van der Waals surface area contributed by atoms with Crippen molar-refractivity contribution in [2.75, 3.05) is 13.2 Å². The molecule has 0 spiro atoms. The van der Waals surface area contributed by atoms with E-state index in [0.717, 1.165) is 6.42 Å². The maximum Gasteiger partial charge on any atom is 0.308 e. The number of carbonyl (C=O) groups is 4. The second-order valence-electron chi connectivity index (χ2n) is 7.79. The van der Waals surface area contributed by atoms with Gasteiger partial charge < -0.3 is 4.74 Å². The Balaban J connectivity index is 1.17. The molecule has 0 aromatic carbocycles. The number of Topliss-reactive ketones (excluding diaryl/α,β-unsaturated/α-hetero) is 1. The van der Waals surface area contributed by atoms with Gasteiger partial charge >= 0.3 is 5.97 Å². The Morgan fingerprint density at radius 3 is 2.37 bits per heavy atom. The molecule has 6 rings (SSSR count). The summed E-state index contributed by atoms with van der Waals surface area (Å²) >= 11 is 1.29. The zero-order valence-corrected chi connectivity index (χ0v) is 15.4. The number of likely N-dealkylation sites (tertiary alicyclic amines) is 1. The predicted molar refractivity (Wildman–Crippen MR) is 95.6 cm³/mol. The summed E-state index contributed by atoms with van der Waals surface area (Å²) in [6.45, 7) is -0.282. The monoisotopic (exact) mass is 385 g/mol. The number of nitrogens with zero attached hydrogens (tertiary/aromatic N) is 1. The first-order valence-corrected chi connectivity index (χ1v) is 10.2. The van der Waals surface area contributed by atoms with E-state index in [-0.39, 0.29) is 60.8 Å². The van der Waals surface area contributed by atoms with Crippen LogP contribution in [0.25, 0.3) is 0 Å². The second kappa shape index (κ2) is 6.12. The summed E-state index contributed by atoms with van der Waals surface area (Å²) in [5.74, 6) is -0.102. The SMILES string of the molecule is O=C(CCN1C(=O)[C@@H]2[C@H]3C=C[C@@H]([C@@H]4C[C@@H]34)[C@@H]2C1=O)OCC(=O)c1cccs1. The molecule has 0 N–H and O–H groups in total. The Kier molecular flexibility index (Phi) is 3.82. The maximum absolute atomic E-state index is 12.8. The third-order valence-corrected chi connectivity index (χ3v) is 7.36. The topological polar surface area (TPSA) is 80.8 Å². The molecule has 1 aliphatic heterocycles. The lowest BCUT2D eigenvalue weighted by Crippen LogP contribution is -2.40. The summed E-state index contributed by atoms with van der Waals surface area (Å²) < 4.78 is 5.01. The van der Waals surface area contributed by atoms with Crippen molar-refractivity contribution in [2.24, 2.45) is 35.5 Å². The van der Waals surface area contributed by atoms with Crippen molar-refractivity contribution in [3.8, 4) is 0 Å². The van der Waals surface area contributed by atoms with E-state index < -0.39 is 5.97 Å². The van der Waals surface area contributed by atoms with Crippen molar-refractivity contribution in [3.05, 3.63) is 34.5 Å². The van der Waals surface area contributed by atoms with Gasteiger partial charge in [-0.3, -0.25) is 24.1 Å². The molecule has 27 heavy (non-hydrogen) atoms. The highest BCUT2D eigenvalue weighted by Gasteiger charge is 2.66. The number of esters is 1. The number of hydrogen-bond donors (Lipinski definition) is 0. The van der Waals surface area contributed by atoms with Crippen LogP contribution in [0.2, 0.25) is 0 Å². The maximum atomic E-state index is 12.8. The highest BCUT2D eigenvalue weighted by molar-refractivity contribution is 7.12. The summed E-state index contributed by atoms with van der Waals surface area (Å²) in [5.41, 5.74) is 0. The first-order valence-electron chi connectivity index (χ1n) is 9.32. The number of carbonyl (C=O) groups excluding carboxylic acids is 4. The van der Waals surface area contributed by atoms with Gasteiger partial charge in [0, 0.05) is 6.54 Å². The highest BCUT2D eigenvalue weighted by atomic mass is 32.1. The largest absolute Gasteiger partial charge is 0.457 e. The molecular formula is C20H19NO5S. The van der Waals surface area contributed by atoms with Crippen LogP contribution in [-0.4, -0.2) is 41.6 Å². The van der Waals surface area contributed by atoms with Crippen molar-refractivity contribution in [1.29, 1.82) is 0 Å². The fourth-order valence-corrected chi connectivity index (χ4v) is 5.82. The minimum Gasteiger partial charge on any atom is -0.457 e. The normalized spacial score (nSPS) is 35.2. The Hall–Kier alpha value is -2.28. The third-order valence-electron chi connectivity index (χ3n) is 6.45. The number of hydrogen-bond acceptors (Lipinski definition) is 6. The average molecular weight is 385 g/mol. The van der Waals surface area contributed by atoms with Crippen molar-refractivity contribution in [2.45, 2.75) is 12.8 Å². The van der Waals surface area contributed by atoms with Gasteiger partial charge in [-0.1, -0.05) is 18.2 Å². The van der Waals surface area contributed by atoms with E-state index in [0.29, 0.717) is 16.7 Å². The fourth-order valence-electron chi connectivity index (χ4n) is 5.17. The fraction of sp³-hybridized carbons (Fsp3) is 0.500. The highest BCUT2D eigenvalue weighted by Crippen LogP contribution is 2.65. The first kappa shape index (κ1) is 16.9. The average Bonchev–Trinajstić information content (AvgIpc) is 3.25. The van der Waals surface area contributed by atoms with Crippen molar-refractivity contribution >= 4 is 34.9 Å². The van der Waals surface area contributed by atoms with Crippen LogP contribution in [0.4, 0.5) is 0 Å². The lowest BCUT2D eigenvalue weighted by atomic mass is 9.63. The molecule has 0 unspecified atom stereocenters. The molecule has 7 heteroatoms. The molecule has 5 aliphatic rings. The Morgan fingerprint density at radius 1 is 1.11 bits per heavy atom. The smallest absolute Gasteiger partial charge is 0.308 e. The number of ketones is 1. The molecule has 0 radical (unpaired) electrons. The van der Waals surface area contributed by atoms with E-state index in [1.54, 1.807) is 17.5 Å². The minimum atomic E-state index is -0.570. The summed E-state index contributed by atoms with van der Waals surface area (Å²) in [5, 5.41) is 1.78. The lowest BCUT2D eigenvalue weighted by molar-refractivity contribution is -0.145. The molecule has 3 fully saturated rings. The molecule has 6 atom stereocenters. The number of ether oxygens (including phenoxy) is 1. The molecule has 2 heterocycles. The Morgan fingerprint density at radius 2 is 1.78 bits per heavy atom. The number of allylic oxidation sites excluding steroid dienone is 2. The summed E-state index contributed by atoms with van der Waals surface area (Å²) in [4.78, 5) is 51.2. The van der Waals surface area contributed by atoms with E-state index >= 15 is 0 Å². The van der Waals surface area contributed by atoms with Gasteiger partial charge in [0.15, 0.2) is 6.61 Å². The second-order valence-corrected chi connectivity index (χ2v) is 8.74. The third kappa shape index (κ3) is 2.59. The van der Waals surface area contributed by atoms with Crippen LogP contribution < -0.4 is 0 Å². The van der Waals surface area contributed by atoms with Crippen LogP contribution in [-0.2, 0) is 19.1 Å². The van der Waals surface area contributed by atoms with Gasteiger partial charge in [0.05, 0.1) is 23.1 Å². The molecule has 1 aromatic rings. The van der Waals surface area contributed by atoms with Crippen molar-refractivity contribution in [3.63, 3.8) is 0 Å². The van der Waals surface area contributed by atoms with E-state index in [2.05, 4.69) is 12.2 Å². The van der Waals surface area contributed by atoms with Crippen LogP contribution in [0, 0.1) is 35.5 Å². The van der Waals surface area contributed by atoms with Gasteiger partial charge in [-0.15, -0.1) is 11.3 Å². The van der Waals surface area contributed by atoms with Crippen LogP contribution >= 0.6 is 11.3 Å². The van der Waals surface area contributed by atoms with Crippen molar-refractivity contribution < 1.29 is 23.9 Å². The van der Waals surface area contributed by atoms with Gasteiger partial charge in [0.2, 0.25) is 17.6 Å². The van der Waals surface area contributed by atoms with Crippen LogP contribution in [0.1, 0.15) is 22.5 Å². The van der Waals surface area contributed by atoms with Gasteiger partial charge in [0.25, 0.3) is 0 Å². The van der Waals surface area contributed by atoms with E-state index in [4.69, 9.17) is 4.74 Å². The standard InChI is InChI=1S/C20H19NO5S/c22-14(15-2-1-7-27-15)9-26-16(23)5-6-21-19(24)17-10-3-4-11(13-8-12(10)13)18(17)20(21)25/h1-4,7,10-13,17-18H,5-6,8-9H2/t10-,11-,12-,13-,17-,18+/m0/s1. The zero-order valence-electron chi connectivity index (χ0n) is 14.6. The summed E-state index contributed by atoms with van der Waals surface area (Å²) in [7, 11) is 0. The van der Waals surface area contributed by atoms with Crippen molar-refractivity contribution in [1.82, 2.24) is 4.90 Å². The van der Waals surface area contributed by atoms with Crippen LogP contribution in [0.5, 0.6) is 0 Å². The molecule has 1 saturated heterocycles. The number of imide groups is 1. The minimum absolute atomic E-state index is 0.0332. The van der Waals surface area contributed by atoms with E-state index in [1.807, 2.05) is 0 Å². The molecule has 1 aromatic heterocycles. The predicted octanol–water partition coefficient (Wildman–Crippen LogP) is 1.92. The molecule has 140 valence electrons. The summed E-state index contributed by atoms with van der Waals surface area (Å²) in [6, 6.07) is 3.44. The quantitative estimate of drug-likeness (QED) is 0.323. The van der Waals surface area contributed by atoms with Gasteiger partial charge in [-0.2, -0.15) is 0 Å². The number of rotatable bonds is 6. The van der Waals surface area contributed by atoms with Crippen LogP contribution in [0.3, 0.4) is 0 Å². The summed E-state index contributed by atoms with van der Waals surface area (Å²) in [6.07, 6.45) is 5.29. The number of amides is 2. The molecule has 2 bridgehead atoms. The van der Waals surface area contributed by atoms with Crippen LogP contribution in [0.15, 0.2) is 29.7 Å². The molecule has 2 saturated carbocycles. The Labute approximate surface area is 160 Å². The molecular weight excluding hydrogens is 366 g/mol. The molecule has 6 nitrogen and oxygen atoms in total. The molecule has 4 aliphatic carbocycles. The molecule has 2 amide bonds. The van der Waals surface area contributed by atoms with Gasteiger partial charge in [0.1, 0.15) is 0 Å². The van der Waals surface area contributed by atoms with Gasteiger partial charge in [-0.05, 0) is 41.5 Å². The number of thiophene rings is 1. The van der Waals surface area contributed by atoms with E-state index in [9.17, 15) is 19.2 Å². The van der Waals surface area contributed by atoms with E-state index in [1.165, 1.54) is 16.2 Å². The first-order chi connectivity index (χ1) is 13.1.